The number of sulfonamides is 1. The average molecular weight is 552 g/mol. The summed E-state index contributed by atoms with van der Waals surface area (Å²) in [6.07, 6.45) is 2.05. The van der Waals surface area contributed by atoms with Gasteiger partial charge in [0.2, 0.25) is 5.91 Å². The zero-order chi connectivity index (χ0) is 27.2. The summed E-state index contributed by atoms with van der Waals surface area (Å²) in [5.41, 5.74) is 0.504. The van der Waals surface area contributed by atoms with Crippen molar-refractivity contribution in [3.63, 3.8) is 0 Å². The maximum absolute atomic E-state index is 13.6. The number of methoxy groups -OCH3 is 1. The first kappa shape index (κ1) is 28.4. The van der Waals surface area contributed by atoms with Gasteiger partial charge in [0.05, 0.1) is 35.1 Å². The second-order valence-electron chi connectivity index (χ2n) is 8.64. The molecule has 0 radical (unpaired) electrons. The van der Waals surface area contributed by atoms with Crippen LogP contribution in [0.3, 0.4) is 0 Å². The van der Waals surface area contributed by atoms with Gasteiger partial charge >= 0.3 is 0 Å². The lowest BCUT2D eigenvalue weighted by Gasteiger charge is -2.26. The van der Waals surface area contributed by atoms with Gasteiger partial charge in [0, 0.05) is 19.6 Å². The standard InChI is InChI=1S/C25H30ClN3O7S/c1-27-16-18(13-17-14-19(31)5-8-23(17)36-2)24(32)29(11-12-30)37(34,35)20-6-7-22(26)21(15-20)25(33)28-9-3-4-10-28/h5-8,12,14-15,18,27,31H,3-4,9-11,13,16H2,1-2H3. The third-order valence-corrected chi connectivity index (χ3v) is 8.25. The van der Waals surface area contributed by atoms with Crippen molar-refractivity contribution in [1.29, 1.82) is 0 Å². The van der Waals surface area contributed by atoms with Crippen LogP contribution >= 0.6 is 11.6 Å². The van der Waals surface area contributed by atoms with Crippen molar-refractivity contribution in [2.45, 2.75) is 24.2 Å². The first-order valence-electron chi connectivity index (χ1n) is 11.7. The Labute approximate surface area is 221 Å². The van der Waals surface area contributed by atoms with Gasteiger partial charge in [-0.2, -0.15) is 0 Å². The Hall–Kier alpha value is -3.15. The van der Waals surface area contributed by atoms with Crippen LogP contribution < -0.4 is 10.1 Å². The van der Waals surface area contributed by atoms with E-state index in [9.17, 15) is 27.9 Å². The molecule has 10 nitrogen and oxygen atoms in total. The number of carbonyl (C=O) groups is 3. The zero-order valence-corrected chi connectivity index (χ0v) is 22.2. The van der Waals surface area contributed by atoms with E-state index in [1.165, 1.54) is 37.4 Å². The molecule has 1 aliphatic heterocycles. The van der Waals surface area contributed by atoms with Crippen LogP contribution in [0.5, 0.6) is 11.5 Å². The van der Waals surface area contributed by atoms with E-state index in [-0.39, 0.29) is 34.2 Å². The molecule has 200 valence electrons. The van der Waals surface area contributed by atoms with Gasteiger partial charge < -0.3 is 24.9 Å². The third kappa shape index (κ3) is 6.41. The minimum atomic E-state index is -4.52. The molecule has 2 aromatic carbocycles. The number of nitrogens with one attached hydrogen (secondary N) is 1. The molecule has 0 spiro atoms. The SMILES string of the molecule is CNCC(Cc1cc(O)ccc1OC)C(=O)N(CC=O)S(=O)(=O)c1ccc(Cl)c(C(=O)N2CCCC2)c1. The van der Waals surface area contributed by atoms with Crippen LogP contribution in [0.4, 0.5) is 0 Å². The molecule has 0 aromatic heterocycles. The number of carbonyl (C=O) groups excluding carboxylic acids is 3. The van der Waals surface area contributed by atoms with E-state index in [0.29, 0.717) is 35.0 Å². The first-order valence-corrected chi connectivity index (χ1v) is 13.5. The lowest BCUT2D eigenvalue weighted by atomic mass is 9.97. The largest absolute Gasteiger partial charge is 0.508 e. The number of benzene rings is 2. The van der Waals surface area contributed by atoms with Crippen LogP contribution in [0, 0.1) is 5.92 Å². The molecular weight excluding hydrogens is 522 g/mol. The summed E-state index contributed by atoms with van der Waals surface area (Å²) in [7, 11) is -1.48. The Morgan fingerprint density at radius 2 is 1.92 bits per heavy atom. The summed E-state index contributed by atoms with van der Waals surface area (Å²) in [6, 6.07) is 8.05. The van der Waals surface area contributed by atoms with Crippen LogP contribution in [0.1, 0.15) is 28.8 Å². The highest BCUT2D eigenvalue weighted by molar-refractivity contribution is 7.89. The van der Waals surface area contributed by atoms with Gasteiger partial charge in [-0.3, -0.25) is 9.59 Å². The van der Waals surface area contributed by atoms with Crippen molar-refractivity contribution in [1.82, 2.24) is 14.5 Å². The van der Waals surface area contributed by atoms with Crippen molar-refractivity contribution in [3.05, 3.63) is 52.5 Å². The smallest absolute Gasteiger partial charge is 0.266 e. The Kier molecular flexibility index (Phi) is 9.52. The van der Waals surface area contributed by atoms with Crippen LogP contribution in [0.2, 0.25) is 5.02 Å². The van der Waals surface area contributed by atoms with Crippen molar-refractivity contribution in [2.75, 3.05) is 40.3 Å². The van der Waals surface area contributed by atoms with E-state index < -0.39 is 34.3 Å². The number of ether oxygens (including phenoxy) is 1. The Balaban J connectivity index is 1.97. The fourth-order valence-electron chi connectivity index (χ4n) is 4.31. The topological polar surface area (TPSA) is 133 Å². The van der Waals surface area contributed by atoms with Crippen molar-refractivity contribution in [2.24, 2.45) is 5.92 Å². The Morgan fingerprint density at radius 1 is 1.22 bits per heavy atom. The number of hydrogen-bond acceptors (Lipinski definition) is 8. The fraction of sp³-hybridized carbons (Fsp3) is 0.400. The number of phenolic OH excluding ortho intramolecular Hbond substituents is 1. The highest BCUT2D eigenvalue weighted by atomic mass is 35.5. The normalized spacial score (nSPS) is 14.3. The molecule has 1 fully saturated rings. The molecule has 1 atom stereocenters. The van der Waals surface area contributed by atoms with E-state index in [2.05, 4.69) is 5.32 Å². The van der Waals surface area contributed by atoms with Crippen LogP contribution in [-0.4, -0.2) is 81.2 Å². The van der Waals surface area contributed by atoms with Gasteiger partial charge in [0.25, 0.3) is 15.9 Å². The van der Waals surface area contributed by atoms with Gasteiger partial charge in [-0.1, -0.05) is 11.6 Å². The molecule has 1 saturated heterocycles. The number of aldehydes is 1. The summed E-state index contributed by atoms with van der Waals surface area (Å²) in [4.78, 5) is 39.2. The highest BCUT2D eigenvalue weighted by Crippen LogP contribution is 2.29. The summed E-state index contributed by atoms with van der Waals surface area (Å²) in [5.74, 6) is -1.76. The Morgan fingerprint density at radius 3 is 2.54 bits per heavy atom. The molecule has 1 unspecified atom stereocenters. The second-order valence-corrected chi connectivity index (χ2v) is 10.9. The third-order valence-electron chi connectivity index (χ3n) is 6.17. The van der Waals surface area contributed by atoms with Gasteiger partial charge in [-0.25, -0.2) is 12.7 Å². The molecule has 0 aliphatic carbocycles. The molecule has 2 amide bonds. The van der Waals surface area contributed by atoms with Gasteiger partial charge in [-0.15, -0.1) is 0 Å². The number of rotatable bonds is 11. The lowest BCUT2D eigenvalue weighted by molar-refractivity contribution is -0.132. The number of hydrogen-bond donors (Lipinski definition) is 2. The van der Waals surface area contributed by atoms with E-state index >= 15 is 0 Å². The molecule has 0 bridgehead atoms. The predicted molar refractivity (Wildman–Crippen MR) is 137 cm³/mol. The molecule has 2 N–H and O–H groups in total. The maximum atomic E-state index is 13.6. The van der Waals surface area contributed by atoms with E-state index in [1.807, 2.05) is 0 Å². The quantitative estimate of drug-likeness (QED) is 0.406. The monoisotopic (exact) mass is 551 g/mol. The van der Waals surface area contributed by atoms with Gasteiger partial charge in [0.15, 0.2) is 0 Å². The summed E-state index contributed by atoms with van der Waals surface area (Å²) in [5, 5.41) is 12.9. The highest BCUT2D eigenvalue weighted by Gasteiger charge is 2.35. The zero-order valence-electron chi connectivity index (χ0n) is 20.6. The van der Waals surface area contributed by atoms with Crippen LogP contribution in [0.25, 0.3) is 0 Å². The average Bonchev–Trinajstić information content (AvgIpc) is 3.41. The van der Waals surface area contributed by atoms with Crippen LogP contribution in [0.15, 0.2) is 41.3 Å². The minimum absolute atomic E-state index is 0.0133. The molecular formula is C25H30ClN3O7S. The van der Waals surface area contributed by atoms with E-state index in [0.717, 1.165) is 18.9 Å². The molecule has 1 heterocycles. The summed E-state index contributed by atoms with van der Waals surface area (Å²) >= 11 is 6.23. The molecule has 1 aliphatic rings. The first-order chi connectivity index (χ1) is 17.6. The van der Waals surface area contributed by atoms with E-state index in [4.69, 9.17) is 16.3 Å². The number of nitrogens with zero attached hydrogens (tertiary/aromatic N) is 2. The van der Waals surface area contributed by atoms with Crippen molar-refractivity contribution in [3.8, 4) is 11.5 Å². The molecule has 3 rings (SSSR count). The Bertz CT molecular complexity index is 1260. The predicted octanol–water partition coefficient (Wildman–Crippen LogP) is 2.08. The molecule has 37 heavy (non-hydrogen) atoms. The van der Waals surface area contributed by atoms with Gasteiger partial charge in [0.1, 0.15) is 17.8 Å². The molecule has 0 saturated carbocycles. The molecule has 12 heteroatoms. The number of likely N-dealkylation sites (tertiary alicyclic amines) is 1. The summed E-state index contributed by atoms with van der Waals surface area (Å²) in [6.45, 7) is 0.469. The number of amides is 2. The number of aromatic hydroxyl groups is 1. The lowest BCUT2D eigenvalue weighted by Crippen LogP contribution is -2.45. The maximum Gasteiger partial charge on any atom is 0.266 e. The van der Waals surface area contributed by atoms with Crippen molar-refractivity contribution < 1.29 is 32.6 Å². The minimum Gasteiger partial charge on any atom is -0.508 e. The van der Waals surface area contributed by atoms with Crippen molar-refractivity contribution >= 4 is 39.7 Å². The second kappa shape index (κ2) is 12.4. The summed E-state index contributed by atoms with van der Waals surface area (Å²) < 4.78 is 33.0. The fourth-order valence-corrected chi connectivity index (χ4v) is 5.91. The van der Waals surface area contributed by atoms with Gasteiger partial charge in [-0.05, 0) is 68.3 Å². The number of phenols is 1. The van der Waals surface area contributed by atoms with Crippen LogP contribution in [-0.2, 0) is 26.0 Å². The van der Waals surface area contributed by atoms with E-state index in [1.54, 1.807) is 11.9 Å². The number of halogens is 1. The molecule has 2 aromatic rings.